The van der Waals surface area contributed by atoms with Gasteiger partial charge in [0.15, 0.2) is 0 Å². The van der Waals surface area contributed by atoms with Crippen molar-refractivity contribution in [3.63, 3.8) is 0 Å². The molecule has 0 aromatic carbocycles. The number of rotatable bonds is 9. The van der Waals surface area contributed by atoms with Gasteiger partial charge < -0.3 is 4.74 Å². The van der Waals surface area contributed by atoms with Crippen LogP contribution in [0.2, 0.25) is 0 Å². The molecule has 0 aromatic rings. The Morgan fingerprint density at radius 2 is 1.73 bits per heavy atom. The molecule has 128 valence electrons. The average molecular weight is 309 g/mol. The van der Waals surface area contributed by atoms with Crippen LogP contribution in [0.3, 0.4) is 0 Å². The largest absolute Gasteiger partial charge is 0.462 e. The van der Waals surface area contributed by atoms with Crippen molar-refractivity contribution in [2.75, 3.05) is 0 Å². The van der Waals surface area contributed by atoms with Crippen LogP contribution in [-0.2, 0) is 9.53 Å². The molecular formula is C20H36O2. The first-order valence-corrected chi connectivity index (χ1v) is 9.38. The minimum Gasteiger partial charge on any atom is -0.462 e. The summed E-state index contributed by atoms with van der Waals surface area (Å²) in [6, 6.07) is 0. The highest BCUT2D eigenvalue weighted by Gasteiger charge is 2.25. The highest BCUT2D eigenvalue weighted by atomic mass is 16.5. The van der Waals surface area contributed by atoms with Crippen molar-refractivity contribution in [1.82, 2.24) is 0 Å². The highest BCUT2D eigenvalue weighted by Crippen LogP contribution is 2.30. The molecule has 0 bridgehead atoms. The maximum Gasteiger partial charge on any atom is 0.309 e. The van der Waals surface area contributed by atoms with Gasteiger partial charge in [0.2, 0.25) is 0 Å². The summed E-state index contributed by atoms with van der Waals surface area (Å²) in [5, 5.41) is 0. The van der Waals surface area contributed by atoms with Crippen LogP contribution >= 0.6 is 0 Å². The first-order valence-electron chi connectivity index (χ1n) is 9.38. The van der Waals surface area contributed by atoms with E-state index < -0.39 is 0 Å². The zero-order chi connectivity index (χ0) is 16.4. The number of esters is 1. The van der Waals surface area contributed by atoms with E-state index in [1.165, 1.54) is 32.1 Å². The third-order valence-corrected chi connectivity index (χ3v) is 4.71. The molecule has 0 aliphatic heterocycles. The van der Waals surface area contributed by atoms with Crippen molar-refractivity contribution >= 4 is 5.97 Å². The number of carbonyl (C=O) groups excluding carboxylic acids is 1. The molecule has 0 amide bonds. The molecule has 0 heterocycles. The zero-order valence-corrected chi connectivity index (χ0v) is 15.1. The molecule has 1 fully saturated rings. The summed E-state index contributed by atoms with van der Waals surface area (Å²) in [6.45, 7) is 8.65. The van der Waals surface area contributed by atoms with Crippen molar-refractivity contribution in [2.24, 2.45) is 17.8 Å². The molecule has 1 rings (SSSR count). The summed E-state index contributed by atoms with van der Waals surface area (Å²) in [5.41, 5.74) is 0. The lowest BCUT2D eigenvalue weighted by atomic mass is 9.84. The normalized spacial score (nSPS) is 23.9. The van der Waals surface area contributed by atoms with Crippen molar-refractivity contribution in [3.05, 3.63) is 12.2 Å². The van der Waals surface area contributed by atoms with E-state index in [0.29, 0.717) is 5.92 Å². The summed E-state index contributed by atoms with van der Waals surface area (Å²) < 4.78 is 5.71. The molecule has 1 aliphatic rings. The minimum absolute atomic E-state index is 0.00814. The van der Waals surface area contributed by atoms with E-state index in [4.69, 9.17) is 4.74 Å². The summed E-state index contributed by atoms with van der Waals surface area (Å²) in [7, 11) is 0. The number of unbranched alkanes of at least 4 members (excludes halogenated alkanes) is 1. The van der Waals surface area contributed by atoms with Crippen molar-refractivity contribution < 1.29 is 9.53 Å². The van der Waals surface area contributed by atoms with Gasteiger partial charge in [-0.15, -0.1) is 0 Å². The van der Waals surface area contributed by atoms with Gasteiger partial charge in [-0.1, -0.05) is 59.1 Å². The fraction of sp³-hybridized carbons (Fsp3) is 0.850. The zero-order valence-electron chi connectivity index (χ0n) is 15.1. The lowest BCUT2D eigenvalue weighted by Crippen LogP contribution is -2.27. The van der Waals surface area contributed by atoms with E-state index in [1.807, 2.05) is 6.92 Å². The molecule has 2 nitrogen and oxygen atoms in total. The van der Waals surface area contributed by atoms with Crippen LogP contribution in [0, 0.1) is 17.8 Å². The highest BCUT2D eigenvalue weighted by molar-refractivity contribution is 5.72. The van der Waals surface area contributed by atoms with Crippen LogP contribution in [0.25, 0.3) is 0 Å². The quantitative estimate of drug-likeness (QED) is 0.391. The van der Waals surface area contributed by atoms with Crippen LogP contribution in [0.1, 0.15) is 85.5 Å². The third-order valence-electron chi connectivity index (χ3n) is 4.71. The second kappa shape index (κ2) is 10.9. The lowest BCUT2D eigenvalue weighted by molar-refractivity contribution is -0.155. The molecular weight excluding hydrogens is 272 g/mol. The first-order chi connectivity index (χ1) is 10.5. The Labute approximate surface area is 137 Å². The Kier molecular flexibility index (Phi) is 9.50. The van der Waals surface area contributed by atoms with E-state index in [2.05, 4.69) is 32.9 Å². The Morgan fingerprint density at radius 1 is 1.09 bits per heavy atom. The number of hydrogen-bond donors (Lipinski definition) is 0. The van der Waals surface area contributed by atoms with Crippen LogP contribution < -0.4 is 0 Å². The van der Waals surface area contributed by atoms with Gasteiger partial charge in [-0.25, -0.2) is 0 Å². The van der Waals surface area contributed by atoms with E-state index in [1.54, 1.807) is 0 Å². The third kappa shape index (κ3) is 8.00. The van der Waals surface area contributed by atoms with Gasteiger partial charge >= 0.3 is 5.97 Å². The molecule has 1 aliphatic carbocycles. The Bertz CT molecular complexity index is 325. The van der Waals surface area contributed by atoms with Gasteiger partial charge in [0.05, 0.1) is 5.92 Å². The summed E-state index contributed by atoms with van der Waals surface area (Å²) in [5.74, 6) is 1.53. The average Bonchev–Trinajstić information content (AvgIpc) is 2.50. The maximum absolute atomic E-state index is 12.1. The Morgan fingerprint density at radius 3 is 2.32 bits per heavy atom. The number of hydrogen-bond acceptors (Lipinski definition) is 2. The summed E-state index contributed by atoms with van der Waals surface area (Å²) in [4.78, 5) is 12.1. The SMILES string of the molecule is CCCCC1CCC(OC(=O)C(C)C/C=C\CC(C)C)CC1. The van der Waals surface area contributed by atoms with Crippen molar-refractivity contribution in [3.8, 4) is 0 Å². The summed E-state index contributed by atoms with van der Waals surface area (Å²) in [6.07, 6.45) is 15.0. The molecule has 2 heteroatoms. The van der Waals surface area contributed by atoms with Gasteiger partial charge in [-0.05, 0) is 50.4 Å². The standard InChI is InChI=1S/C20H36O2/c1-5-6-11-18-12-14-19(15-13-18)22-20(21)17(4)10-8-7-9-16(2)3/h7-8,16-19H,5-6,9-15H2,1-4H3/b8-7-. The molecule has 1 saturated carbocycles. The number of ether oxygens (including phenoxy) is 1. The Balaban J connectivity index is 2.20. The fourth-order valence-corrected chi connectivity index (χ4v) is 3.08. The molecule has 1 unspecified atom stereocenters. The molecule has 0 spiro atoms. The van der Waals surface area contributed by atoms with E-state index in [0.717, 1.165) is 31.6 Å². The van der Waals surface area contributed by atoms with Crippen LogP contribution in [0.5, 0.6) is 0 Å². The topological polar surface area (TPSA) is 26.3 Å². The molecule has 1 atom stereocenters. The van der Waals surface area contributed by atoms with E-state index in [9.17, 15) is 4.79 Å². The van der Waals surface area contributed by atoms with Crippen molar-refractivity contribution in [2.45, 2.75) is 91.6 Å². The monoisotopic (exact) mass is 308 g/mol. The second-order valence-corrected chi connectivity index (χ2v) is 7.46. The maximum atomic E-state index is 12.1. The van der Waals surface area contributed by atoms with Gasteiger partial charge in [0.25, 0.3) is 0 Å². The van der Waals surface area contributed by atoms with Crippen LogP contribution in [-0.4, -0.2) is 12.1 Å². The van der Waals surface area contributed by atoms with Gasteiger partial charge in [-0.3, -0.25) is 4.79 Å². The van der Waals surface area contributed by atoms with Crippen LogP contribution in [0.15, 0.2) is 12.2 Å². The van der Waals surface area contributed by atoms with Crippen molar-refractivity contribution in [1.29, 1.82) is 0 Å². The van der Waals surface area contributed by atoms with Gasteiger partial charge in [0.1, 0.15) is 6.10 Å². The predicted molar refractivity (Wildman–Crippen MR) is 93.7 cm³/mol. The number of allylic oxidation sites excluding steroid dienone is 2. The molecule has 0 aromatic heterocycles. The number of carbonyl (C=O) groups is 1. The predicted octanol–water partition coefficient (Wildman–Crippen LogP) is 5.91. The second-order valence-electron chi connectivity index (χ2n) is 7.46. The van der Waals surface area contributed by atoms with Gasteiger partial charge in [-0.2, -0.15) is 0 Å². The molecule has 0 N–H and O–H groups in total. The van der Waals surface area contributed by atoms with Gasteiger partial charge in [0, 0.05) is 0 Å². The van der Waals surface area contributed by atoms with E-state index in [-0.39, 0.29) is 18.0 Å². The first kappa shape index (κ1) is 19.3. The molecule has 22 heavy (non-hydrogen) atoms. The molecule has 0 saturated heterocycles. The smallest absolute Gasteiger partial charge is 0.309 e. The summed E-state index contributed by atoms with van der Waals surface area (Å²) >= 11 is 0. The molecule has 0 radical (unpaired) electrons. The Hall–Kier alpha value is -0.790. The lowest BCUT2D eigenvalue weighted by Gasteiger charge is -2.29. The van der Waals surface area contributed by atoms with E-state index >= 15 is 0 Å². The minimum atomic E-state index is -0.0128. The fourth-order valence-electron chi connectivity index (χ4n) is 3.08. The van der Waals surface area contributed by atoms with Crippen LogP contribution in [0.4, 0.5) is 0 Å².